The lowest BCUT2D eigenvalue weighted by Crippen LogP contribution is -2.11. The molecule has 4 heteroatoms. The molecule has 0 aliphatic carbocycles. The quantitative estimate of drug-likeness (QED) is 0.740. The fraction of sp³-hybridized carbons (Fsp3) is 0.176. The molecule has 0 aliphatic rings. The second-order valence-electron chi connectivity index (χ2n) is 5.28. The third-order valence-electron chi connectivity index (χ3n) is 3.26. The van der Waals surface area contributed by atoms with Gasteiger partial charge in [0.05, 0.1) is 5.39 Å². The Morgan fingerprint density at radius 2 is 1.86 bits per heavy atom. The van der Waals surface area contributed by atoms with E-state index in [0.717, 1.165) is 17.7 Å². The lowest BCUT2D eigenvalue weighted by Gasteiger charge is -2.10. The Hall–Kier alpha value is -2.46. The molecule has 3 aromatic rings. The van der Waals surface area contributed by atoms with Gasteiger partial charge in [-0.15, -0.1) is 0 Å². The van der Waals surface area contributed by atoms with E-state index in [9.17, 15) is 4.79 Å². The third kappa shape index (κ3) is 2.85. The largest absolute Gasteiger partial charge is 0.456 e. The molecule has 106 valence electrons. The van der Waals surface area contributed by atoms with Crippen molar-refractivity contribution in [2.75, 3.05) is 14.1 Å². The second-order valence-corrected chi connectivity index (χ2v) is 5.28. The van der Waals surface area contributed by atoms with E-state index in [0.29, 0.717) is 16.7 Å². The standard InChI is InChI=1S/C17H16N2O2/c1-19(2)11-12-3-4-16-14(9-12)15(20)10-17(21-16)13-5-7-18-8-6-13/h3-10H,11H2,1-2H3. The molecule has 0 N–H and O–H groups in total. The first kappa shape index (κ1) is 13.5. The summed E-state index contributed by atoms with van der Waals surface area (Å²) in [6.45, 7) is 0.793. The molecule has 3 rings (SSSR count). The van der Waals surface area contributed by atoms with Gasteiger partial charge in [-0.3, -0.25) is 9.78 Å². The van der Waals surface area contributed by atoms with Crippen molar-refractivity contribution in [3.63, 3.8) is 0 Å². The van der Waals surface area contributed by atoms with Crippen molar-refractivity contribution in [3.8, 4) is 11.3 Å². The third-order valence-corrected chi connectivity index (χ3v) is 3.26. The van der Waals surface area contributed by atoms with Crippen LogP contribution in [0, 0.1) is 0 Å². The number of hydrogen-bond donors (Lipinski definition) is 0. The van der Waals surface area contributed by atoms with Crippen LogP contribution in [0.15, 0.2) is 58.0 Å². The monoisotopic (exact) mass is 280 g/mol. The van der Waals surface area contributed by atoms with E-state index in [-0.39, 0.29) is 5.43 Å². The predicted molar refractivity (Wildman–Crippen MR) is 83.1 cm³/mol. The molecule has 2 aromatic heterocycles. The van der Waals surface area contributed by atoms with Crippen LogP contribution in [0.4, 0.5) is 0 Å². The van der Waals surface area contributed by atoms with Gasteiger partial charge in [0.2, 0.25) is 0 Å². The minimum absolute atomic E-state index is 0.0244. The van der Waals surface area contributed by atoms with Crippen molar-refractivity contribution in [2.45, 2.75) is 6.54 Å². The number of hydrogen-bond acceptors (Lipinski definition) is 4. The van der Waals surface area contributed by atoms with E-state index in [1.165, 1.54) is 6.07 Å². The van der Waals surface area contributed by atoms with Gasteiger partial charge >= 0.3 is 0 Å². The summed E-state index contributed by atoms with van der Waals surface area (Å²) >= 11 is 0. The first-order valence-electron chi connectivity index (χ1n) is 6.75. The first-order chi connectivity index (χ1) is 10.1. The number of pyridine rings is 1. The van der Waals surface area contributed by atoms with Gasteiger partial charge in [0.15, 0.2) is 5.43 Å². The van der Waals surface area contributed by atoms with Crippen molar-refractivity contribution >= 4 is 11.0 Å². The minimum atomic E-state index is -0.0244. The predicted octanol–water partition coefficient (Wildman–Crippen LogP) is 2.92. The molecule has 0 spiro atoms. The van der Waals surface area contributed by atoms with Crippen LogP contribution in [-0.4, -0.2) is 24.0 Å². The van der Waals surface area contributed by atoms with E-state index in [4.69, 9.17) is 4.42 Å². The maximum atomic E-state index is 12.3. The zero-order valence-electron chi connectivity index (χ0n) is 12.0. The highest BCUT2D eigenvalue weighted by Crippen LogP contribution is 2.22. The average Bonchev–Trinajstić information content (AvgIpc) is 2.48. The molecule has 0 unspecified atom stereocenters. The van der Waals surface area contributed by atoms with Crippen LogP contribution in [0.5, 0.6) is 0 Å². The zero-order chi connectivity index (χ0) is 14.8. The molecule has 0 bridgehead atoms. The van der Waals surface area contributed by atoms with Crippen LogP contribution in [-0.2, 0) is 6.54 Å². The van der Waals surface area contributed by atoms with E-state index in [1.54, 1.807) is 12.4 Å². The van der Waals surface area contributed by atoms with Gasteiger partial charge in [-0.05, 0) is 43.9 Å². The molecular formula is C17H16N2O2. The maximum Gasteiger partial charge on any atom is 0.193 e. The number of fused-ring (bicyclic) bond motifs is 1. The molecule has 4 nitrogen and oxygen atoms in total. The summed E-state index contributed by atoms with van der Waals surface area (Å²) in [5.74, 6) is 0.565. The van der Waals surface area contributed by atoms with Crippen LogP contribution >= 0.6 is 0 Å². The molecular weight excluding hydrogens is 264 g/mol. The topological polar surface area (TPSA) is 46.3 Å². The molecule has 1 aromatic carbocycles. The van der Waals surface area contributed by atoms with E-state index < -0.39 is 0 Å². The molecule has 21 heavy (non-hydrogen) atoms. The Morgan fingerprint density at radius 1 is 1.10 bits per heavy atom. The van der Waals surface area contributed by atoms with Crippen LogP contribution < -0.4 is 5.43 Å². The minimum Gasteiger partial charge on any atom is -0.456 e. The second kappa shape index (κ2) is 5.50. The van der Waals surface area contributed by atoms with Gasteiger partial charge in [0, 0.05) is 30.6 Å². The molecule has 0 fully saturated rings. The van der Waals surface area contributed by atoms with Gasteiger partial charge in [-0.1, -0.05) is 6.07 Å². The van der Waals surface area contributed by atoms with Crippen molar-refractivity contribution in [3.05, 3.63) is 64.6 Å². The highest BCUT2D eigenvalue weighted by Gasteiger charge is 2.08. The molecule has 0 saturated carbocycles. The van der Waals surface area contributed by atoms with Crippen molar-refractivity contribution < 1.29 is 4.42 Å². The van der Waals surface area contributed by atoms with Crippen LogP contribution in [0.2, 0.25) is 0 Å². The van der Waals surface area contributed by atoms with Crippen LogP contribution in [0.3, 0.4) is 0 Å². The van der Waals surface area contributed by atoms with Gasteiger partial charge in [0.1, 0.15) is 11.3 Å². The normalized spacial score (nSPS) is 11.2. The molecule has 0 amide bonds. The maximum absolute atomic E-state index is 12.3. The Morgan fingerprint density at radius 3 is 2.57 bits per heavy atom. The Kier molecular flexibility index (Phi) is 3.54. The number of aromatic nitrogens is 1. The summed E-state index contributed by atoms with van der Waals surface area (Å²) in [6.07, 6.45) is 3.36. The Balaban J connectivity index is 2.11. The fourth-order valence-corrected chi connectivity index (χ4v) is 2.33. The molecule has 0 radical (unpaired) electrons. The van der Waals surface area contributed by atoms with Crippen molar-refractivity contribution in [2.24, 2.45) is 0 Å². The molecule has 2 heterocycles. The lowest BCUT2D eigenvalue weighted by molar-refractivity contribution is 0.402. The van der Waals surface area contributed by atoms with Crippen molar-refractivity contribution in [1.29, 1.82) is 0 Å². The van der Waals surface area contributed by atoms with E-state index in [1.807, 2.05) is 44.4 Å². The molecule has 0 atom stereocenters. The highest BCUT2D eigenvalue weighted by atomic mass is 16.3. The van der Waals surface area contributed by atoms with Gasteiger partial charge in [-0.25, -0.2) is 0 Å². The smallest absolute Gasteiger partial charge is 0.193 e. The summed E-state index contributed by atoms with van der Waals surface area (Å²) in [4.78, 5) is 18.4. The first-order valence-corrected chi connectivity index (χ1v) is 6.75. The summed E-state index contributed by atoms with van der Waals surface area (Å²) in [7, 11) is 4.00. The van der Waals surface area contributed by atoms with Gasteiger partial charge < -0.3 is 9.32 Å². The number of rotatable bonds is 3. The highest BCUT2D eigenvalue weighted by molar-refractivity contribution is 5.79. The van der Waals surface area contributed by atoms with E-state index in [2.05, 4.69) is 9.88 Å². The fourth-order valence-electron chi connectivity index (χ4n) is 2.33. The number of nitrogens with zero attached hydrogens (tertiary/aromatic N) is 2. The summed E-state index contributed by atoms with van der Waals surface area (Å²) in [5, 5.41) is 0.618. The Labute approximate surface area is 122 Å². The van der Waals surface area contributed by atoms with E-state index >= 15 is 0 Å². The zero-order valence-corrected chi connectivity index (χ0v) is 12.0. The van der Waals surface area contributed by atoms with Gasteiger partial charge in [-0.2, -0.15) is 0 Å². The summed E-state index contributed by atoms with van der Waals surface area (Å²) < 4.78 is 5.85. The van der Waals surface area contributed by atoms with Crippen molar-refractivity contribution in [1.82, 2.24) is 9.88 Å². The average molecular weight is 280 g/mol. The lowest BCUT2D eigenvalue weighted by atomic mass is 10.1. The number of benzene rings is 1. The van der Waals surface area contributed by atoms with Crippen LogP contribution in [0.25, 0.3) is 22.3 Å². The molecule has 0 saturated heterocycles. The summed E-state index contributed by atoms with van der Waals surface area (Å²) in [6, 6.07) is 10.9. The SMILES string of the molecule is CN(C)Cc1ccc2oc(-c3ccncc3)cc(=O)c2c1. The Bertz CT molecular complexity index is 823. The van der Waals surface area contributed by atoms with Gasteiger partial charge in [0.25, 0.3) is 0 Å². The summed E-state index contributed by atoms with van der Waals surface area (Å²) in [5.41, 5.74) is 2.53. The van der Waals surface area contributed by atoms with Crippen LogP contribution in [0.1, 0.15) is 5.56 Å². The molecule has 0 aliphatic heterocycles.